The minimum absolute atomic E-state index is 0.243. The van der Waals surface area contributed by atoms with Gasteiger partial charge in [-0.3, -0.25) is 0 Å². The van der Waals surface area contributed by atoms with Gasteiger partial charge in [0.15, 0.2) is 5.13 Å². The van der Waals surface area contributed by atoms with Crippen molar-refractivity contribution in [1.29, 1.82) is 0 Å². The van der Waals surface area contributed by atoms with Crippen molar-refractivity contribution in [1.82, 2.24) is 4.98 Å². The summed E-state index contributed by atoms with van der Waals surface area (Å²) in [7, 11) is 0. The van der Waals surface area contributed by atoms with Crippen molar-refractivity contribution >= 4 is 16.5 Å². The van der Waals surface area contributed by atoms with Gasteiger partial charge in [0.25, 0.3) is 0 Å². The van der Waals surface area contributed by atoms with E-state index >= 15 is 0 Å². The van der Waals surface area contributed by atoms with Crippen LogP contribution >= 0.6 is 11.3 Å². The van der Waals surface area contributed by atoms with Crippen LogP contribution < -0.4 is 5.73 Å². The Balaban J connectivity index is 2.06. The van der Waals surface area contributed by atoms with Crippen LogP contribution in [-0.4, -0.2) is 4.98 Å². The number of nitrogen functional groups attached to an aromatic ring is 1. The first-order valence-corrected chi connectivity index (χ1v) is 7.16. The molecule has 0 amide bonds. The maximum atomic E-state index is 5.88. The van der Waals surface area contributed by atoms with Crippen molar-refractivity contribution in [2.75, 3.05) is 5.73 Å². The average molecular weight is 236 g/mol. The minimum Gasteiger partial charge on any atom is -0.375 e. The zero-order valence-electron chi connectivity index (χ0n) is 10.1. The van der Waals surface area contributed by atoms with Gasteiger partial charge in [-0.25, -0.2) is 4.98 Å². The summed E-state index contributed by atoms with van der Waals surface area (Å²) in [5.74, 6) is 1.71. The van der Waals surface area contributed by atoms with Crippen LogP contribution in [0.1, 0.15) is 50.1 Å². The molecule has 2 aliphatic carbocycles. The minimum atomic E-state index is 0.243. The summed E-state index contributed by atoms with van der Waals surface area (Å²) in [5, 5.41) is 0.761. The van der Waals surface area contributed by atoms with Gasteiger partial charge in [0.1, 0.15) is 0 Å². The van der Waals surface area contributed by atoms with Crippen LogP contribution in [0.15, 0.2) is 0 Å². The van der Waals surface area contributed by atoms with E-state index in [9.17, 15) is 0 Å². The molecule has 0 bridgehead atoms. The number of nitrogens with zero attached hydrogens (tertiary/aromatic N) is 1. The van der Waals surface area contributed by atoms with E-state index in [-0.39, 0.29) is 5.41 Å². The van der Waals surface area contributed by atoms with Crippen molar-refractivity contribution in [2.24, 2.45) is 11.8 Å². The number of nitrogens with two attached hydrogens (primary N) is 1. The second-order valence-electron chi connectivity index (χ2n) is 5.90. The Morgan fingerprint density at radius 2 is 2.06 bits per heavy atom. The summed E-state index contributed by atoms with van der Waals surface area (Å²) < 4.78 is 0. The molecule has 0 saturated heterocycles. The van der Waals surface area contributed by atoms with Crippen molar-refractivity contribution in [3.8, 4) is 0 Å². The average Bonchev–Trinajstić information content (AvgIpc) is 2.60. The van der Waals surface area contributed by atoms with E-state index in [0.717, 1.165) is 17.0 Å². The Kier molecular flexibility index (Phi) is 2.29. The molecule has 0 radical (unpaired) electrons. The number of anilines is 1. The van der Waals surface area contributed by atoms with E-state index in [4.69, 9.17) is 5.73 Å². The summed E-state index contributed by atoms with van der Waals surface area (Å²) >= 11 is 1.71. The molecule has 1 aromatic rings. The van der Waals surface area contributed by atoms with Crippen LogP contribution in [0.5, 0.6) is 0 Å². The monoisotopic (exact) mass is 236 g/mol. The Hall–Kier alpha value is -0.570. The van der Waals surface area contributed by atoms with Crippen molar-refractivity contribution in [3.63, 3.8) is 0 Å². The molecule has 1 heterocycles. The normalized spacial score (nSPS) is 31.9. The summed E-state index contributed by atoms with van der Waals surface area (Å²) in [6, 6.07) is 0. The lowest BCUT2D eigenvalue weighted by Gasteiger charge is -2.45. The van der Waals surface area contributed by atoms with Crippen molar-refractivity contribution < 1.29 is 0 Å². The molecule has 1 fully saturated rings. The maximum absolute atomic E-state index is 5.88. The predicted molar refractivity (Wildman–Crippen MR) is 68.7 cm³/mol. The van der Waals surface area contributed by atoms with E-state index in [0.29, 0.717) is 0 Å². The predicted octanol–water partition coefficient (Wildman–Crippen LogP) is 3.37. The SMILES string of the molecule is CC1(C)c2nc(N)sc2C[C@@H]2CCCC[C@H]21. The summed E-state index contributed by atoms with van der Waals surface area (Å²) in [4.78, 5) is 6.05. The molecule has 3 heteroatoms. The first-order valence-electron chi connectivity index (χ1n) is 6.34. The van der Waals surface area contributed by atoms with Gasteiger partial charge in [0.2, 0.25) is 0 Å². The van der Waals surface area contributed by atoms with Gasteiger partial charge in [-0.2, -0.15) is 0 Å². The highest BCUT2D eigenvalue weighted by Gasteiger charge is 2.45. The number of thiazole rings is 1. The standard InChI is InChI=1S/C13H20N2S/c1-13(2)9-6-4-3-5-8(9)7-10-11(13)15-12(14)16-10/h8-9H,3-7H2,1-2H3,(H2,14,15)/t8-,9+/m0/s1. The molecule has 0 aromatic carbocycles. The zero-order valence-corrected chi connectivity index (χ0v) is 10.9. The molecule has 1 saturated carbocycles. The maximum Gasteiger partial charge on any atom is 0.180 e. The summed E-state index contributed by atoms with van der Waals surface area (Å²) in [6.07, 6.45) is 6.85. The second-order valence-corrected chi connectivity index (χ2v) is 7.02. The Bertz CT molecular complexity index is 408. The highest BCUT2D eigenvalue weighted by atomic mass is 32.1. The molecule has 0 unspecified atom stereocenters. The fourth-order valence-electron chi connectivity index (χ4n) is 3.83. The zero-order chi connectivity index (χ0) is 11.3. The molecule has 0 spiro atoms. The van der Waals surface area contributed by atoms with Gasteiger partial charge in [-0.05, 0) is 31.1 Å². The molecule has 88 valence electrons. The fraction of sp³-hybridized carbons (Fsp3) is 0.769. The number of hydrogen-bond donors (Lipinski definition) is 1. The molecule has 3 rings (SSSR count). The number of fused-ring (bicyclic) bond motifs is 2. The van der Waals surface area contributed by atoms with E-state index in [1.807, 2.05) is 0 Å². The Morgan fingerprint density at radius 3 is 2.88 bits per heavy atom. The summed E-state index contributed by atoms with van der Waals surface area (Å²) in [6.45, 7) is 4.74. The molecular formula is C13H20N2S. The number of rotatable bonds is 0. The van der Waals surface area contributed by atoms with Gasteiger partial charge in [0, 0.05) is 10.3 Å². The molecule has 2 nitrogen and oxygen atoms in total. The van der Waals surface area contributed by atoms with Crippen LogP contribution in [-0.2, 0) is 11.8 Å². The highest BCUT2D eigenvalue weighted by Crippen LogP contribution is 2.51. The topological polar surface area (TPSA) is 38.9 Å². The molecule has 0 aliphatic heterocycles. The molecular weight excluding hydrogens is 216 g/mol. The Labute approximate surface area is 101 Å². The van der Waals surface area contributed by atoms with Gasteiger partial charge in [-0.1, -0.05) is 26.7 Å². The van der Waals surface area contributed by atoms with E-state index in [2.05, 4.69) is 18.8 Å². The highest BCUT2D eigenvalue weighted by molar-refractivity contribution is 7.15. The van der Waals surface area contributed by atoms with Gasteiger partial charge < -0.3 is 5.73 Å². The van der Waals surface area contributed by atoms with Crippen LogP contribution in [0.3, 0.4) is 0 Å². The third-order valence-electron chi connectivity index (χ3n) is 4.61. The quantitative estimate of drug-likeness (QED) is 0.750. The largest absolute Gasteiger partial charge is 0.375 e. The lowest BCUT2D eigenvalue weighted by Crippen LogP contribution is -2.41. The van der Waals surface area contributed by atoms with E-state index in [1.54, 1.807) is 11.3 Å². The van der Waals surface area contributed by atoms with Crippen molar-refractivity contribution in [2.45, 2.75) is 51.4 Å². The molecule has 2 aliphatic rings. The molecule has 16 heavy (non-hydrogen) atoms. The van der Waals surface area contributed by atoms with E-state index in [1.165, 1.54) is 42.7 Å². The van der Waals surface area contributed by atoms with Gasteiger partial charge >= 0.3 is 0 Å². The molecule has 2 N–H and O–H groups in total. The van der Waals surface area contributed by atoms with Crippen LogP contribution in [0.25, 0.3) is 0 Å². The first kappa shape index (κ1) is 10.6. The fourth-order valence-corrected chi connectivity index (χ4v) is 4.92. The van der Waals surface area contributed by atoms with Crippen LogP contribution in [0.4, 0.5) is 5.13 Å². The third-order valence-corrected chi connectivity index (χ3v) is 5.51. The van der Waals surface area contributed by atoms with Crippen molar-refractivity contribution in [3.05, 3.63) is 10.6 Å². The van der Waals surface area contributed by atoms with Gasteiger partial charge in [-0.15, -0.1) is 11.3 Å². The smallest absolute Gasteiger partial charge is 0.180 e. The second kappa shape index (κ2) is 3.46. The van der Waals surface area contributed by atoms with Gasteiger partial charge in [0.05, 0.1) is 5.69 Å². The van der Waals surface area contributed by atoms with Crippen LogP contribution in [0, 0.1) is 11.8 Å². The number of aromatic nitrogens is 1. The first-order chi connectivity index (χ1) is 7.59. The summed E-state index contributed by atoms with van der Waals surface area (Å²) in [5.41, 5.74) is 7.42. The lowest BCUT2D eigenvalue weighted by atomic mass is 9.60. The number of hydrogen-bond acceptors (Lipinski definition) is 3. The van der Waals surface area contributed by atoms with E-state index < -0.39 is 0 Å². The van der Waals surface area contributed by atoms with Crippen LogP contribution in [0.2, 0.25) is 0 Å². The lowest BCUT2D eigenvalue weighted by molar-refractivity contribution is 0.132. The molecule has 2 atom stereocenters. The Morgan fingerprint density at radius 1 is 1.31 bits per heavy atom. The molecule has 1 aromatic heterocycles. The third kappa shape index (κ3) is 1.41.